The highest BCUT2D eigenvalue weighted by Gasteiger charge is 2.10. The van der Waals surface area contributed by atoms with Crippen LogP contribution in [0.5, 0.6) is 0 Å². The van der Waals surface area contributed by atoms with Gasteiger partial charge in [-0.1, -0.05) is 38.1 Å². The summed E-state index contributed by atoms with van der Waals surface area (Å²) in [5.41, 5.74) is 5.14. The number of aryl methyl sites for hydroxylation is 1. The molecule has 0 fully saturated rings. The van der Waals surface area contributed by atoms with E-state index in [0.717, 1.165) is 24.2 Å². The lowest BCUT2D eigenvalue weighted by Crippen LogP contribution is -1.99. The monoisotopic (exact) mass is 268 g/mol. The third kappa shape index (κ3) is 2.51. The number of allylic oxidation sites excluding steroid dienone is 1. The largest absolute Gasteiger partial charge is 0.386 e. The molecule has 0 atom stereocenters. The second-order valence-electron chi connectivity index (χ2n) is 4.70. The van der Waals surface area contributed by atoms with Crippen LogP contribution in [0.2, 0.25) is 0 Å². The molecule has 0 radical (unpaired) electrons. The number of hydrogen-bond acceptors (Lipinski definition) is 2. The van der Waals surface area contributed by atoms with Gasteiger partial charge in [0.25, 0.3) is 0 Å². The van der Waals surface area contributed by atoms with Gasteiger partial charge in [0.15, 0.2) is 0 Å². The molecule has 0 aliphatic heterocycles. The Morgan fingerprint density at radius 3 is 2.35 bits per heavy atom. The van der Waals surface area contributed by atoms with Crippen molar-refractivity contribution in [1.82, 2.24) is 0 Å². The second-order valence-corrected chi connectivity index (χ2v) is 4.70. The van der Waals surface area contributed by atoms with Gasteiger partial charge in [-0.05, 0) is 46.9 Å². The zero-order valence-electron chi connectivity index (χ0n) is 12.9. The number of rotatable bonds is 2. The van der Waals surface area contributed by atoms with E-state index in [1.807, 2.05) is 27.9 Å². The van der Waals surface area contributed by atoms with Crippen molar-refractivity contribution in [3.63, 3.8) is 0 Å². The number of anilines is 2. The summed E-state index contributed by atoms with van der Waals surface area (Å²) in [5.74, 6) is 0. The molecule has 106 valence electrons. The maximum absolute atomic E-state index is 3.26. The smallest absolute Gasteiger partial charge is 0.0579 e. The first-order valence-corrected chi connectivity index (χ1v) is 7.45. The number of fused-ring (bicyclic) bond motifs is 3. The fourth-order valence-electron chi connectivity index (χ4n) is 2.71. The molecular formula is C18H24N2. The maximum Gasteiger partial charge on any atom is 0.0579 e. The lowest BCUT2D eigenvalue weighted by atomic mass is 9.92. The molecule has 0 saturated carbocycles. The zero-order valence-corrected chi connectivity index (χ0v) is 12.9. The van der Waals surface area contributed by atoms with Crippen molar-refractivity contribution >= 4 is 28.2 Å². The molecule has 0 spiro atoms. The molecule has 2 aromatic rings. The van der Waals surface area contributed by atoms with Gasteiger partial charge in [-0.3, -0.25) is 0 Å². The van der Waals surface area contributed by atoms with E-state index < -0.39 is 0 Å². The normalized spacial score (nSPS) is 12.4. The molecule has 2 N–H and O–H groups in total. The van der Waals surface area contributed by atoms with E-state index in [4.69, 9.17) is 0 Å². The predicted octanol–water partition coefficient (Wildman–Crippen LogP) is 4.91. The summed E-state index contributed by atoms with van der Waals surface area (Å²) in [7, 11) is 3.92. The van der Waals surface area contributed by atoms with E-state index in [1.165, 1.54) is 21.9 Å². The van der Waals surface area contributed by atoms with Gasteiger partial charge in [0.1, 0.15) is 0 Å². The molecule has 0 bridgehead atoms. The van der Waals surface area contributed by atoms with Gasteiger partial charge < -0.3 is 10.6 Å². The molecule has 3 rings (SSSR count). The molecule has 1 aliphatic carbocycles. The van der Waals surface area contributed by atoms with Crippen molar-refractivity contribution in [2.24, 2.45) is 0 Å². The van der Waals surface area contributed by atoms with Crippen LogP contribution in [-0.4, -0.2) is 14.1 Å². The summed E-state index contributed by atoms with van der Waals surface area (Å²) in [4.78, 5) is 0. The van der Waals surface area contributed by atoms with Gasteiger partial charge in [-0.15, -0.1) is 0 Å². The van der Waals surface area contributed by atoms with Crippen molar-refractivity contribution in [3.8, 4) is 0 Å². The standard InChI is InChI=1S/C16H18N2.C2H6/c1-17-15-9-12-8-7-11-5-3-4-6-13(11)14(12)10-16(15)18-2;1-2/h4,6-10,17-18H,3,5H2,1-2H3;1-2H3. The van der Waals surface area contributed by atoms with Gasteiger partial charge >= 0.3 is 0 Å². The Labute approximate surface area is 121 Å². The summed E-state index contributed by atoms with van der Waals surface area (Å²) < 4.78 is 0. The van der Waals surface area contributed by atoms with Crippen LogP contribution < -0.4 is 10.6 Å². The Bertz CT molecular complexity index is 627. The van der Waals surface area contributed by atoms with Crippen LogP contribution in [0.4, 0.5) is 11.4 Å². The molecule has 0 saturated heterocycles. The Morgan fingerprint density at radius 2 is 1.65 bits per heavy atom. The maximum atomic E-state index is 3.26. The first-order chi connectivity index (χ1) is 9.83. The van der Waals surface area contributed by atoms with Crippen molar-refractivity contribution in [3.05, 3.63) is 41.5 Å². The topological polar surface area (TPSA) is 24.1 Å². The fraction of sp³-hybridized carbons (Fsp3) is 0.333. The third-order valence-electron chi connectivity index (χ3n) is 3.69. The van der Waals surface area contributed by atoms with E-state index in [2.05, 4.69) is 47.1 Å². The number of nitrogens with one attached hydrogen (secondary N) is 2. The quantitative estimate of drug-likeness (QED) is 0.808. The number of hydrogen-bond donors (Lipinski definition) is 2. The molecule has 2 heteroatoms. The SMILES string of the molecule is CC.CNc1cc2ccc3c(c2cc1NC)C=CCC3. The molecule has 0 amide bonds. The highest BCUT2D eigenvalue weighted by molar-refractivity contribution is 5.98. The molecular weight excluding hydrogens is 244 g/mol. The molecule has 0 unspecified atom stereocenters. The summed E-state index contributed by atoms with van der Waals surface area (Å²) in [5, 5.41) is 9.13. The molecule has 0 aromatic heterocycles. The van der Waals surface area contributed by atoms with Crippen LogP contribution in [0, 0.1) is 0 Å². The first kappa shape index (κ1) is 14.4. The van der Waals surface area contributed by atoms with Crippen LogP contribution >= 0.6 is 0 Å². The summed E-state index contributed by atoms with van der Waals surface area (Å²) >= 11 is 0. The van der Waals surface area contributed by atoms with Gasteiger partial charge in [0, 0.05) is 14.1 Å². The minimum absolute atomic E-state index is 1.14. The van der Waals surface area contributed by atoms with Gasteiger partial charge in [-0.25, -0.2) is 0 Å². The van der Waals surface area contributed by atoms with E-state index in [9.17, 15) is 0 Å². The number of benzene rings is 2. The first-order valence-electron chi connectivity index (χ1n) is 7.45. The van der Waals surface area contributed by atoms with Gasteiger partial charge in [0.05, 0.1) is 11.4 Å². The molecule has 2 aromatic carbocycles. The van der Waals surface area contributed by atoms with Crippen LogP contribution in [0.1, 0.15) is 31.4 Å². The van der Waals surface area contributed by atoms with E-state index in [-0.39, 0.29) is 0 Å². The lowest BCUT2D eigenvalue weighted by Gasteiger charge is -2.16. The second kappa shape index (κ2) is 6.47. The van der Waals surface area contributed by atoms with Crippen molar-refractivity contribution in [1.29, 1.82) is 0 Å². The van der Waals surface area contributed by atoms with Crippen molar-refractivity contribution in [2.45, 2.75) is 26.7 Å². The average molecular weight is 268 g/mol. The van der Waals surface area contributed by atoms with E-state index >= 15 is 0 Å². The fourth-order valence-corrected chi connectivity index (χ4v) is 2.71. The highest BCUT2D eigenvalue weighted by atomic mass is 14.9. The van der Waals surface area contributed by atoms with E-state index in [0.29, 0.717) is 0 Å². The summed E-state index contributed by atoms with van der Waals surface area (Å²) in [6.07, 6.45) is 6.85. The van der Waals surface area contributed by atoms with Crippen LogP contribution in [0.25, 0.3) is 16.8 Å². The molecule has 0 heterocycles. The van der Waals surface area contributed by atoms with Gasteiger partial charge in [-0.2, -0.15) is 0 Å². The highest BCUT2D eigenvalue weighted by Crippen LogP contribution is 2.33. The molecule has 1 aliphatic rings. The Hall–Kier alpha value is -1.96. The van der Waals surface area contributed by atoms with Crippen LogP contribution in [0.15, 0.2) is 30.3 Å². The van der Waals surface area contributed by atoms with E-state index in [1.54, 1.807) is 0 Å². The lowest BCUT2D eigenvalue weighted by molar-refractivity contribution is 0.990. The van der Waals surface area contributed by atoms with Crippen LogP contribution in [-0.2, 0) is 6.42 Å². The minimum atomic E-state index is 1.14. The van der Waals surface area contributed by atoms with Gasteiger partial charge in [0.2, 0.25) is 0 Å². The Kier molecular flexibility index (Phi) is 4.67. The molecule has 2 nitrogen and oxygen atoms in total. The average Bonchev–Trinajstić information content (AvgIpc) is 2.55. The van der Waals surface area contributed by atoms with Crippen LogP contribution in [0.3, 0.4) is 0 Å². The Morgan fingerprint density at radius 1 is 0.950 bits per heavy atom. The summed E-state index contributed by atoms with van der Waals surface area (Å²) in [6, 6.07) is 8.95. The zero-order chi connectivity index (χ0) is 14.5. The minimum Gasteiger partial charge on any atom is -0.386 e. The summed E-state index contributed by atoms with van der Waals surface area (Å²) in [6.45, 7) is 4.00. The Balaban J connectivity index is 0.000000704. The predicted molar refractivity (Wildman–Crippen MR) is 91.7 cm³/mol. The van der Waals surface area contributed by atoms with Crippen molar-refractivity contribution in [2.75, 3.05) is 24.7 Å². The van der Waals surface area contributed by atoms with Crippen molar-refractivity contribution < 1.29 is 0 Å². The third-order valence-corrected chi connectivity index (χ3v) is 3.69. The molecule has 20 heavy (non-hydrogen) atoms.